The summed E-state index contributed by atoms with van der Waals surface area (Å²) in [5.74, 6) is 1.13. The predicted molar refractivity (Wildman–Crippen MR) is 126 cm³/mol. The molecule has 1 unspecified atom stereocenters. The van der Waals surface area contributed by atoms with Crippen molar-refractivity contribution >= 4 is 28.9 Å². The number of nitrogens with zero attached hydrogens (tertiary/aromatic N) is 3. The quantitative estimate of drug-likeness (QED) is 0.531. The molecule has 0 N–H and O–H groups in total. The standard InChI is InChI=1S/C24H29N3O5S/c1-30-11-10-26(24(29)16-6-7-16)15-23(28)27-20(14-19(25-27)22-5-4-12-33-22)18-13-17(31-2)8-9-21(18)32-3/h4-5,8-9,12-13,16,20H,6-7,10-11,14-15H2,1-3H3. The Bertz CT molecular complexity index is 1020. The van der Waals surface area contributed by atoms with Crippen LogP contribution in [0.3, 0.4) is 0 Å². The van der Waals surface area contributed by atoms with Crippen LogP contribution in [-0.2, 0) is 14.3 Å². The number of carbonyl (C=O) groups excluding carboxylic acids is 2. The first-order valence-corrected chi connectivity index (χ1v) is 11.9. The third-order valence-corrected chi connectivity index (χ3v) is 6.82. The summed E-state index contributed by atoms with van der Waals surface area (Å²) >= 11 is 1.59. The molecule has 0 saturated heterocycles. The maximum absolute atomic E-state index is 13.5. The number of hydrazone groups is 1. The van der Waals surface area contributed by atoms with Gasteiger partial charge in [0.2, 0.25) is 5.91 Å². The first-order valence-electron chi connectivity index (χ1n) is 11.0. The number of amides is 2. The highest BCUT2D eigenvalue weighted by Gasteiger charge is 2.38. The second-order valence-corrected chi connectivity index (χ2v) is 9.06. The second kappa shape index (κ2) is 10.4. The van der Waals surface area contributed by atoms with Gasteiger partial charge in [-0.3, -0.25) is 9.59 Å². The zero-order chi connectivity index (χ0) is 23.4. The van der Waals surface area contributed by atoms with Gasteiger partial charge >= 0.3 is 0 Å². The Hall–Kier alpha value is -2.91. The van der Waals surface area contributed by atoms with Crippen molar-refractivity contribution in [3.8, 4) is 11.5 Å². The largest absolute Gasteiger partial charge is 0.497 e. The molecule has 33 heavy (non-hydrogen) atoms. The van der Waals surface area contributed by atoms with E-state index in [4.69, 9.17) is 19.3 Å². The van der Waals surface area contributed by atoms with Crippen molar-refractivity contribution in [1.82, 2.24) is 9.91 Å². The fraction of sp³-hybridized carbons (Fsp3) is 0.458. The summed E-state index contributed by atoms with van der Waals surface area (Å²) in [6.45, 7) is 0.714. The van der Waals surface area contributed by atoms with E-state index in [1.54, 1.807) is 37.6 Å². The van der Waals surface area contributed by atoms with Crippen LogP contribution in [0.25, 0.3) is 0 Å². The van der Waals surface area contributed by atoms with Crippen LogP contribution in [0.4, 0.5) is 0 Å². The molecule has 1 aliphatic heterocycles. The molecule has 0 spiro atoms. The molecule has 1 saturated carbocycles. The van der Waals surface area contributed by atoms with E-state index in [1.165, 1.54) is 5.01 Å². The minimum atomic E-state index is -0.361. The maximum Gasteiger partial charge on any atom is 0.262 e. The van der Waals surface area contributed by atoms with E-state index in [9.17, 15) is 9.59 Å². The van der Waals surface area contributed by atoms with Gasteiger partial charge in [-0.1, -0.05) is 6.07 Å². The van der Waals surface area contributed by atoms with E-state index in [0.717, 1.165) is 29.0 Å². The first-order chi connectivity index (χ1) is 16.0. The number of carbonyl (C=O) groups is 2. The monoisotopic (exact) mass is 471 g/mol. The second-order valence-electron chi connectivity index (χ2n) is 8.12. The molecule has 1 aliphatic carbocycles. The molecule has 4 rings (SSSR count). The summed E-state index contributed by atoms with van der Waals surface area (Å²) in [7, 11) is 4.80. The minimum Gasteiger partial charge on any atom is -0.497 e. The van der Waals surface area contributed by atoms with Crippen LogP contribution < -0.4 is 9.47 Å². The number of thiophene rings is 1. The molecule has 2 heterocycles. The average Bonchev–Trinajstić information content (AvgIpc) is 3.35. The molecule has 2 aromatic rings. The van der Waals surface area contributed by atoms with Crippen molar-refractivity contribution in [2.45, 2.75) is 25.3 Å². The minimum absolute atomic E-state index is 0.0116. The zero-order valence-electron chi connectivity index (χ0n) is 19.2. The molecule has 2 amide bonds. The van der Waals surface area contributed by atoms with Crippen molar-refractivity contribution in [3.63, 3.8) is 0 Å². The first kappa shape index (κ1) is 23.3. The highest BCUT2D eigenvalue weighted by molar-refractivity contribution is 7.12. The van der Waals surface area contributed by atoms with Gasteiger partial charge in [-0.05, 0) is 42.5 Å². The molecule has 8 nitrogen and oxygen atoms in total. The Balaban J connectivity index is 1.64. The molecule has 2 aliphatic rings. The van der Waals surface area contributed by atoms with Crippen molar-refractivity contribution in [3.05, 3.63) is 46.2 Å². The van der Waals surface area contributed by atoms with E-state index in [2.05, 4.69) is 0 Å². The zero-order valence-corrected chi connectivity index (χ0v) is 20.0. The lowest BCUT2D eigenvalue weighted by Crippen LogP contribution is -2.43. The van der Waals surface area contributed by atoms with E-state index < -0.39 is 0 Å². The highest BCUT2D eigenvalue weighted by atomic mass is 32.1. The van der Waals surface area contributed by atoms with E-state index >= 15 is 0 Å². The molecule has 1 aromatic heterocycles. The van der Waals surface area contributed by atoms with Crippen LogP contribution in [0.2, 0.25) is 0 Å². The summed E-state index contributed by atoms with van der Waals surface area (Å²) in [4.78, 5) is 28.9. The number of benzene rings is 1. The fourth-order valence-corrected chi connectivity index (χ4v) is 4.69. The van der Waals surface area contributed by atoms with E-state index in [0.29, 0.717) is 31.1 Å². The lowest BCUT2D eigenvalue weighted by atomic mass is 9.99. The van der Waals surface area contributed by atoms with Crippen molar-refractivity contribution in [2.75, 3.05) is 41.0 Å². The van der Waals surface area contributed by atoms with E-state index in [1.807, 2.05) is 35.7 Å². The number of hydrogen-bond donors (Lipinski definition) is 0. The van der Waals surface area contributed by atoms with E-state index in [-0.39, 0.29) is 30.3 Å². The van der Waals surface area contributed by atoms with Crippen LogP contribution in [0.5, 0.6) is 11.5 Å². The summed E-state index contributed by atoms with van der Waals surface area (Å²) in [6.07, 6.45) is 2.31. The predicted octanol–water partition coefficient (Wildman–Crippen LogP) is 3.33. The molecular weight excluding hydrogens is 442 g/mol. The van der Waals surface area contributed by atoms with Crippen LogP contribution >= 0.6 is 11.3 Å². The topological polar surface area (TPSA) is 80.7 Å². The SMILES string of the molecule is COCCN(CC(=O)N1N=C(c2cccs2)CC1c1cc(OC)ccc1OC)C(=O)C1CC1. The summed E-state index contributed by atoms with van der Waals surface area (Å²) in [6, 6.07) is 9.15. The molecule has 0 radical (unpaired) electrons. The molecular formula is C24H29N3O5S. The van der Waals surface area contributed by atoms with Gasteiger partial charge in [0.05, 0.1) is 37.5 Å². The number of ether oxygens (including phenoxy) is 3. The van der Waals surface area contributed by atoms with Gasteiger partial charge < -0.3 is 19.1 Å². The van der Waals surface area contributed by atoms with Crippen LogP contribution in [0.15, 0.2) is 40.8 Å². The molecule has 1 aromatic carbocycles. The van der Waals surface area contributed by atoms with Gasteiger partial charge in [0.1, 0.15) is 18.0 Å². The normalized spacial score (nSPS) is 17.6. The molecule has 1 fully saturated rings. The van der Waals surface area contributed by atoms with Gasteiger partial charge in [0, 0.05) is 31.6 Å². The Kier molecular flexibility index (Phi) is 7.29. The Labute approximate surface area is 197 Å². The van der Waals surface area contributed by atoms with Gasteiger partial charge in [-0.2, -0.15) is 5.10 Å². The van der Waals surface area contributed by atoms with Gasteiger partial charge in [0.25, 0.3) is 5.91 Å². The van der Waals surface area contributed by atoms with Gasteiger partial charge in [-0.25, -0.2) is 5.01 Å². The lowest BCUT2D eigenvalue weighted by Gasteiger charge is -2.27. The average molecular weight is 472 g/mol. The highest BCUT2D eigenvalue weighted by Crippen LogP contribution is 2.40. The van der Waals surface area contributed by atoms with Crippen molar-refractivity contribution < 1.29 is 23.8 Å². The Morgan fingerprint density at radius 2 is 2.00 bits per heavy atom. The molecule has 0 bridgehead atoms. The molecule has 176 valence electrons. The Morgan fingerprint density at radius 1 is 1.18 bits per heavy atom. The molecule has 9 heteroatoms. The van der Waals surface area contributed by atoms with Crippen LogP contribution in [-0.4, -0.2) is 68.5 Å². The number of hydrogen-bond acceptors (Lipinski definition) is 7. The smallest absolute Gasteiger partial charge is 0.262 e. The van der Waals surface area contributed by atoms with Crippen LogP contribution in [0, 0.1) is 5.92 Å². The van der Waals surface area contributed by atoms with Gasteiger partial charge in [0.15, 0.2) is 0 Å². The number of methoxy groups -OCH3 is 3. The van der Waals surface area contributed by atoms with Gasteiger partial charge in [-0.15, -0.1) is 11.3 Å². The summed E-state index contributed by atoms with van der Waals surface area (Å²) < 4.78 is 16.2. The van der Waals surface area contributed by atoms with Crippen LogP contribution in [0.1, 0.15) is 35.7 Å². The third-order valence-electron chi connectivity index (χ3n) is 5.90. The summed E-state index contributed by atoms with van der Waals surface area (Å²) in [5, 5.41) is 8.21. The number of rotatable bonds is 10. The van der Waals surface area contributed by atoms with Crippen molar-refractivity contribution in [2.24, 2.45) is 11.0 Å². The molecule has 1 atom stereocenters. The maximum atomic E-state index is 13.5. The lowest BCUT2D eigenvalue weighted by molar-refractivity contribution is -0.142. The summed E-state index contributed by atoms with van der Waals surface area (Å²) in [5.41, 5.74) is 1.66. The third kappa shape index (κ3) is 5.20. The van der Waals surface area contributed by atoms with Crippen molar-refractivity contribution in [1.29, 1.82) is 0 Å². The Morgan fingerprint density at radius 3 is 2.64 bits per heavy atom. The fourth-order valence-electron chi connectivity index (χ4n) is 3.97.